The highest BCUT2D eigenvalue weighted by Gasteiger charge is 2.22. The molecule has 3 aromatic rings. The van der Waals surface area contributed by atoms with E-state index in [1.807, 2.05) is 12.1 Å². The summed E-state index contributed by atoms with van der Waals surface area (Å²) in [4.78, 5) is 16.7. The van der Waals surface area contributed by atoms with Crippen molar-refractivity contribution in [1.82, 2.24) is 10.3 Å². The number of rotatable bonds is 7. The van der Waals surface area contributed by atoms with Gasteiger partial charge in [-0.25, -0.2) is 8.42 Å². The number of hydrogen-bond acceptors (Lipinski definition) is 5. The molecule has 1 amide bonds. The van der Waals surface area contributed by atoms with Gasteiger partial charge in [-0.1, -0.05) is 12.1 Å². The number of aromatic nitrogens is 1. The fraction of sp³-hybridized carbons (Fsp3) is 0.143. The molecule has 8 heteroatoms. The molecule has 0 aliphatic heterocycles. The molecule has 0 saturated heterocycles. The molecular weight excluding hydrogens is 390 g/mol. The minimum Gasteiger partial charge on any atom is -0.497 e. The van der Waals surface area contributed by atoms with Crippen LogP contribution in [0.3, 0.4) is 0 Å². The highest BCUT2D eigenvalue weighted by Crippen LogP contribution is 2.24. The summed E-state index contributed by atoms with van der Waals surface area (Å²) < 4.78 is 32.0. The summed E-state index contributed by atoms with van der Waals surface area (Å²) in [5, 5.41) is 2.78. The lowest BCUT2D eigenvalue weighted by molar-refractivity contribution is 0.0950. The monoisotopic (exact) mass is 411 g/mol. The molecule has 0 bridgehead atoms. The zero-order valence-corrected chi connectivity index (χ0v) is 16.9. The summed E-state index contributed by atoms with van der Waals surface area (Å²) in [5.41, 5.74) is 1.47. The van der Waals surface area contributed by atoms with Crippen molar-refractivity contribution in [3.05, 3.63) is 84.2 Å². The molecule has 0 aliphatic carbocycles. The summed E-state index contributed by atoms with van der Waals surface area (Å²) in [6.07, 6.45) is 1.65. The van der Waals surface area contributed by atoms with Gasteiger partial charge in [-0.05, 0) is 54.6 Å². The van der Waals surface area contributed by atoms with Gasteiger partial charge in [0, 0.05) is 18.8 Å². The number of methoxy groups -OCH3 is 1. The van der Waals surface area contributed by atoms with Gasteiger partial charge < -0.3 is 10.1 Å². The molecule has 0 aliphatic rings. The van der Waals surface area contributed by atoms with E-state index < -0.39 is 10.0 Å². The molecule has 2 aromatic carbocycles. The standard InChI is InChI=1S/C21H21N3O4S/c1-24(29(26,27)20-11-9-19(28-2)10-12-20)18-8-5-6-16(14-18)21(25)23-15-17-7-3-4-13-22-17/h3-14H,15H2,1-2H3,(H,23,25). The van der Waals surface area contributed by atoms with Gasteiger partial charge in [-0.3, -0.25) is 14.1 Å². The van der Waals surface area contributed by atoms with Gasteiger partial charge in [0.05, 0.1) is 29.9 Å². The first kappa shape index (κ1) is 20.3. The van der Waals surface area contributed by atoms with E-state index in [-0.39, 0.29) is 17.3 Å². The minimum absolute atomic E-state index is 0.130. The number of ether oxygens (including phenoxy) is 1. The molecular formula is C21H21N3O4S. The Kier molecular flexibility index (Phi) is 6.13. The van der Waals surface area contributed by atoms with Gasteiger partial charge in [-0.15, -0.1) is 0 Å². The van der Waals surface area contributed by atoms with Crippen molar-refractivity contribution in [2.45, 2.75) is 11.4 Å². The van der Waals surface area contributed by atoms with Crippen molar-refractivity contribution in [3.8, 4) is 5.75 Å². The summed E-state index contributed by atoms with van der Waals surface area (Å²) in [5.74, 6) is 0.255. The Balaban J connectivity index is 1.77. The van der Waals surface area contributed by atoms with Crippen molar-refractivity contribution >= 4 is 21.6 Å². The Hall–Kier alpha value is -3.39. The zero-order valence-electron chi connectivity index (χ0n) is 16.1. The van der Waals surface area contributed by atoms with Gasteiger partial charge >= 0.3 is 0 Å². The maximum absolute atomic E-state index is 12.9. The van der Waals surface area contributed by atoms with Gasteiger partial charge in [0.15, 0.2) is 0 Å². The lowest BCUT2D eigenvalue weighted by Gasteiger charge is -2.20. The largest absolute Gasteiger partial charge is 0.497 e. The summed E-state index contributed by atoms with van der Waals surface area (Å²) >= 11 is 0. The number of amides is 1. The van der Waals surface area contributed by atoms with Crippen LogP contribution in [0.25, 0.3) is 0 Å². The second kappa shape index (κ2) is 8.74. The Morgan fingerprint density at radius 1 is 1.07 bits per heavy atom. The quantitative estimate of drug-likeness (QED) is 0.646. The first-order chi connectivity index (χ1) is 13.9. The number of anilines is 1. The highest BCUT2D eigenvalue weighted by molar-refractivity contribution is 7.92. The van der Waals surface area contributed by atoms with Crippen LogP contribution in [0.1, 0.15) is 16.1 Å². The van der Waals surface area contributed by atoms with E-state index in [2.05, 4.69) is 10.3 Å². The average molecular weight is 411 g/mol. The highest BCUT2D eigenvalue weighted by atomic mass is 32.2. The third kappa shape index (κ3) is 4.72. The van der Waals surface area contributed by atoms with Gasteiger partial charge in [0.1, 0.15) is 5.75 Å². The molecule has 0 unspecified atom stereocenters. The van der Waals surface area contributed by atoms with Crippen LogP contribution in [0.4, 0.5) is 5.69 Å². The molecule has 0 spiro atoms. The number of carbonyl (C=O) groups excluding carboxylic acids is 1. The molecule has 1 N–H and O–H groups in total. The maximum Gasteiger partial charge on any atom is 0.264 e. The third-order valence-electron chi connectivity index (χ3n) is 4.35. The van der Waals surface area contributed by atoms with Crippen LogP contribution in [-0.2, 0) is 16.6 Å². The predicted molar refractivity (Wildman–Crippen MR) is 110 cm³/mol. The molecule has 1 aromatic heterocycles. The van der Waals surface area contributed by atoms with Crippen molar-refractivity contribution < 1.29 is 17.9 Å². The smallest absolute Gasteiger partial charge is 0.264 e. The number of sulfonamides is 1. The van der Waals surface area contributed by atoms with Crippen LogP contribution in [0, 0.1) is 0 Å². The predicted octanol–water partition coefficient (Wildman–Crippen LogP) is 2.85. The number of hydrogen-bond donors (Lipinski definition) is 1. The van der Waals surface area contributed by atoms with E-state index in [0.717, 1.165) is 10.00 Å². The third-order valence-corrected chi connectivity index (χ3v) is 6.15. The second-order valence-electron chi connectivity index (χ2n) is 6.20. The van der Waals surface area contributed by atoms with Crippen molar-refractivity contribution in [2.24, 2.45) is 0 Å². The first-order valence-electron chi connectivity index (χ1n) is 8.83. The van der Waals surface area contributed by atoms with Crippen LogP contribution in [0.5, 0.6) is 5.75 Å². The van der Waals surface area contributed by atoms with Crippen molar-refractivity contribution in [2.75, 3.05) is 18.5 Å². The molecule has 3 rings (SSSR count). The number of nitrogens with one attached hydrogen (secondary N) is 1. The average Bonchev–Trinajstić information content (AvgIpc) is 2.77. The van der Waals surface area contributed by atoms with Crippen LogP contribution in [0.15, 0.2) is 77.8 Å². The van der Waals surface area contributed by atoms with E-state index in [1.54, 1.807) is 42.6 Å². The Labute approximate surface area is 170 Å². The van der Waals surface area contributed by atoms with Crippen LogP contribution < -0.4 is 14.4 Å². The first-order valence-corrected chi connectivity index (χ1v) is 10.3. The topological polar surface area (TPSA) is 88.6 Å². The molecule has 29 heavy (non-hydrogen) atoms. The molecule has 0 saturated carbocycles. The number of benzene rings is 2. The Morgan fingerprint density at radius 2 is 1.83 bits per heavy atom. The van der Waals surface area contributed by atoms with E-state index in [4.69, 9.17) is 4.74 Å². The van der Waals surface area contributed by atoms with Gasteiger partial charge in [0.2, 0.25) is 0 Å². The van der Waals surface area contributed by atoms with Crippen LogP contribution in [0.2, 0.25) is 0 Å². The summed E-state index contributed by atoms with van der Waals surface area (Å²) in [6, 6.07) is 18.0. The number of nitrogens with zero attached hydrogens (tertiary/aromatic N) is 2. The van der Waals surface area contributed by atoms with Crippen molar-refractivity contribution in [3.63, 3.8) is 0 Å². The lowest BCUT2D eigenvalue weighted by atomic mass is 10.2. The molecule has 1 heterocycles. The molecule has 150 valence electrons. The summed E-state index contributed by atoms with van der Waals surface area (Å²) in [6.45, 7) is 0.282. The molecule has 0 radical (unpaired) electrons. The number of carbonyl (C=O) groups is 1. The van der Waals surface area contributed by atoms with E-state index in [9.17, 15) is 13.2 Å². The maximum atomic E-state index is 12.9. The normalized spacial score (nSPS) is 11.0. The Morgan fingerprint density at radius 3 is 2.48 bits per heavy atom. The van der Waals surface area contributed by atoms with E-state index in [1.165, 1.54) is 32.4 Å². The van der Waals surface area contributed by atoms with E-state index >= 15 is 0 Å². The zero-order chi connectivity index (χ0) is 20.9. The van der Waals surface area contributed by atoms with Crippen molar-refractivity contribution in [1.29, 1.82) is 0 Å². The van der Waals surface area contributed by atoms with Crippen LogP contribution >= 0.6 is 0 Å². The fourth-order valence-electron chi connectivity index (χ4n) is 2.66. The summed E-state index contributed by atoms with van der Waals surface area (Å²) in [7, 11) is -0.816. The fourth-order valence-corrected chi connectivity index (χ4v) is 3.85. The minimum atomic E-state index is -3.78. The number of pyridine rings is 1. The van der Waals surface area contributed by atoms with E-state index in [0.29, 0.717) is 17.0 Å². The SMILES string of the molecule is COc1ccc(S(=O)(=O)N(C)c2cccc(C(=O)NCc3ccccn3)c2)cc1. The van der Waals surface area contributed by atoms with Gasteiger partial charge in [0.25, 0.3) is 15.9 Å². The molecule has 0 fully saturated rings. The van der Waals surface area contributed by atoms with Crippen LogP contribution in [-0.4, -0.2) is 33.5 Å². The molecule has 0 atom stereocenters. The molecule has 7 nitrogen and oxygen atoms in total. The lowest BCUT2D eigenvalue weighted by Crippen LogP contribution is -2.27. The Bertz CT molecular complexity index is 1080. The van der Waals surface area contributed by atoms with Gasteiger partial charge in [-0.2, -0.15) is 0 Å². The second-order valence-corrected chi connectivity index (χ2v) is 8.17.